The summed E-state index contributed by atoms with van der Waals surface area (Å²) in [5.74, 6) is 0.0556. The second kappa shape index (κ2) is 9.99. The average Bonchev–Trinajstić information content (AvgIpc) is 2.74. The van der Waals surface area contributed by atoms with Gasteiger partial charge in [-0.05, 0) is 49.5 Å². The maximum atomic E-state index is 13.0. The van der Waals surface area contributed by atoms with Gasteiger partial charge < -0.3 is 15.3 Å². The number of rotatable bonds is 7. The van der Waals surface area contributed by atoms with Crippen molar-refractivity contribution in [3.8, 4) is 0 Å². The van der Waals surface area contributed by atoms with E-state index in [1.54, 1.807) is 29.4 Å². The Morgan fingerprint density at radius 2 is 2.00 bits per heavy atom. The Labute approximate surface area is 173 Å². The zero-order valence-electron chi connectivity index (χ0n) is 16.5. The molecule has 162 valence electrons. The number of aliphatic hydroxyl groups excluding tert-OH is 1. The first kappa shape index (κ1) is 22.2. The molecule has 9 heteroatoms. The van der Waals surface area contributed by atoms with Gasteiger partial charge in [-0.2, -0.15) is 13.2 Å². The molecule has 1 aliphatic rings. The van der Waals surface area contributed by atoms with E-state index >= 15 is 0 Å². The summed E-state index contributed by atoms with van der Waals surface area (Å²) in [7, 11) is 0. The van der Waals surface area contributed by atoms with E-state index in [-0.39, 0.29) is 18.9 Å². The molecule has 1 fully saturated rings. The van der Waals surface area contributed by atoms with Crippen LogP contribution in [-0.2, 0) is 17.4 Å². The van der Waals surface area contributed by atoms with Crippen LogP contribution in [0.15, 0.2) is 42.9 Å². The Hall–Kier alpha value is -2.52. The van der Waals surface area contributed by atoms with Crippen LogP contribution >= 0.6 is 0 Å². The van der Waals surface area contributed by atoms with Crippen molar-refractivity contribution in [2.75, 3.05) is 26.2 Å². The summed E-state index contributed by atoms with van der Waals surface area (Å²) in [4.78, 5) is 22.0. The maximum absolute atomic E-state index is 13.0. The topological polar surface area (TPSA) is 78.4 Å². The predicted molar refractivity (Wildman–Crippen MR) is 104 cm³/mol. The van der Waals surface area contributed by atoms with Gasteiger partial charge in [-0.25, -0.2) is 0 Å². The molecule has 0 aliphatic carbocycles. The van der Waals surface area contributed by atoms with E-state index in [2.05, 4.69) is 15.3 Å². The van der Waals surface area contributed by atoms with E-state index in [1.165, 1.54) is 6.07 Å². The number of alkyl halides is 3. The molecule has 1 aliphatic heterocycles. The van der Waals surface area contributed by atoms with Gasteiger partial charge in [0, 0.05) is 30.7 Å². The molecule has 1 amide bonds. The molecule has 0 saturated carbocycles. The van der Waals surface area contributed by atoms with Crippen LogP contribution in [0, 0.1) is 5.92 Å². The van der Waals surface area contributed by atoms with Crippen molar-refractivity contribution in [2.45, 2.75) is 31.5 Å². The zero-order valence-corrected chi connectivity index (χ0v) is 16.5. The second-order valence-corrected chi connectivity index (χ2v) is 7.52. The summed E-state index contributed by atoms with van der Waals surface area (Å²) in [6, 6.07) is 5.61. The molecule has 2 aromatic rings. The van der Waals surface area contributed by atoms with Crippen LogP contribution < -0.4 is 5.32 Å². The van der Waals surface area contributed by atoms with Crippen molar-refractivity contribution in [1.82, 2.24) is 20.2 Å². The van der Waals surface area contributed by atoms with Crippen molar-refractivity contribution in [3.05, 3.63) is 59.7 Å². The van der Waals surface area contributed by atoms with Crippen molar-refractivity contribution in [2.24, 2.45) is 5.92 Å². The molecule has 3 rings (SSSR count). The van der Waals surface area contributed by atoms with Crippen LogP contribution in [0.3, 0.4) is 0 Å². The third kappa shape index (κ3) is 6.24. The first-order valence-corrected chi connectivity index (χ1v) is 9.91. The fraction of sp³-hybridized carbons (Fsp3) is 0.476. The van der Waals surface area contributed by atoms with Crippen molar-refractivity contribution in [3.63, 3.8) is 0 Å². The highest BCUT2D eigenvalue weighted by Gasteiger charge is 2.32. The summed E-state index contributed by atoms with van der Waals surface area (Å²) in [6.07, 6.45) is 0.607. The summed E-state index contributed by atoms with van der Waals surface area (Å²) >= 11 is 0. The lowest BCUT2D eigenvalue weighted by molar-refractivity contribution is -0.141. The van der Waals surface area contributed by atoms with Gasteiger partial charge in [0.25, 0.3) is 0 Å². The fourth-order valence-electron chi connectivity index (χ4n) is 3.52. The largest absolute Gasteiger partial charge is 0.433 e. The van der Waals surface area contributed by atoms with Crippen molar-refractivity contribution >= 4 is 5.91 Å². The van der Waals surface area contributed by atoms with Crippen LogP contribution in [0.2, 0.25) is 0 Å². The van der Waals surface area contributed by atoms with Gasteiger partial charge in [-0.15, -0.1) is 0 Å². The van der Waals surface area contributed by atoms with E-state index < -0.39 is 18.0 Å². The van der Waals surface area contributed by atoms with E-state index in [1.807, 2.05) is 0 Å². The third-order valence-corrected chi connectivity index (χ3v) is 5.22. The normalized spacial score (nSPS) is 16.3. The number of carbonyl (C=O) groups is 1. The third-order valence-electron chi connectivity index (χ3n) is 5.22. The summed E-state index contributed by atoms with van der Waals surface area (Å²) in [5, 5.41) is 13.9. The molecule has 1 saturated heterocycles. The highest BCUT2D eigenvalue weighted by Crippen LogP contribution is 2.27. The maximum Gasteiger partial charge on any atom is 0.433 e. The molecule has 0 radical (unpaired) electrons. The number of aliphatic hydroxyl groups is 1. The number of hydrogen-bond donors (Lipinski definition) is 2. The molecule has 0 spiro atoms. The molecule has 3 heterocycles. The standard InChI is InChI=1S/C21H25F3N4O2/c22-21(23,24)19-4-3-16(11-27-19)10-20(30)28(13-15-5-8-25-9-6-15)14-18(29)17-2-1-7-26-12-17/h1-4,7,11-12,15,18,25,29H,5-6,8-10,13-14H2. The Morgan fingerprint density at radius 3 is 2.60 bits per heavy atom. The van der Waals surface area contributed by atoms with Gasteiger partial charge in [-0.3, -0.25) is 14.8 Å². The molecule has 30 heavy (non-hydrogen) atoms. The molecule has 1 atom stereocenters. The number of amides is 1. The highest BCUT2D eigenvalue weighted by atomic mass is 19.4. The van der Waals surface area contributed by atoms with Gasteiger partial charge in [0.2, 0.25) is 5.91 Å². The Balaban J connectivity index is 1.70. The molecular weight excluding hydrogens is 397 g/mol. The quantitative estimate of drug-likeness (QED) is 0.717. The zero-order chi connectivity index (χ0) is 21.6. The molecule has 0 bridgehead atoms. The number of halogens is 3. The van der Waals surface area contributed by atoms with E-state index in [0.29, 0.717) is 23.6 Å². The second-order valence-electron chi connectivity index (χ2n) is 7.52. The molecule has 0 aromatic carbocycles. The summed E-state index contributed by atoms with van der Waals surface area (Å²) in [5.41, 5.74) is 0.0215. The SMILES string of the molecule is O=C(Cc1ccc(C(F)(F)F)nc1)N(CC1CCNCC1)CC(O)c1cccnc1. The Morgan fingerprint density at radius 1 is 1.23 bits per heavy atom. The Bertz CT molecular complexity index is 809. The highest BCUT2D eigenvalue weighted by molar-refractivity contribution is 5.78. The fourth-order valence-corrected chi connectivity index (χ4v) is 3.52. The van der Waals surface area contributed by atoms with Gasteiger partial charge >= 0.3 is 6.18 Å². The van der Waals surface area contributed by atoms with Gasteiger partial charge in [0.05, 0.1) is 19.1 Å². The first-order valence-electron chi connectivity index (χ1n) is 9.91. The van der Waals surface area contributed by atoms with E-state index in [0.717, 1.165) is 38.2 Å². The number of nitrogens with zero attached hydrogens (tertiary/aromatic N) is 3. The minimum Gasteiger partial charge on any atom is -0.386 e. The van der Waals surface area contributed by atoms with Gasteiger partial charge in [0.15, 0.2) is 0 Å². The lowest BCUT2D eigenvalue weighted by Crippen LogP contribution is -2.42. The summed E-state index contributed by atoms with van der Waals surface area (Å²) < 4.78 is 38.1. The number of hydrogen-bond acceptors (Lipinski definition) is 5. The van der Waals surface area contributed by atoms with Crippen LogP contribution in [0.4, 0.5) is 13.2 Å². The molecule has 1 unspecified atom stereocenters. The van der Waals surface area contributed by atoms with Crippen LogP contribution in [-0.4, -0.2) is 52.1 Å². The average molecular weight is 422 g/mol. The smallest absolute Gasteiger partial charge is 0.386 e. The van der Waals surface area contributed by atoms with Crippen LogP contribution in [0.25, 0.3) is 0 Å². The van der Waals surface area contributed by atoms with Crippen molar-refractivity contribution < 1.29 is 23.1 Å². The minimum absolute atomic E-state index is 0.0735. The predicted octanol–water partition coefficient (Wildman–Crippen LogP) is 2.60. The lowest BCUT2D eigenvalue weighted by Gasteiger charge is -2.31. The number of aromatic nitrogens is 2. The number of pyridine rings is 2. The monoisotopic (exact) mass is 422 g/mol. The van der Waals surface area contributed by atoms with E-state index in [4.69, 9.17) is 0 Å². The van der Waals surface area contributed by atoms with E-state index in [9.17, 15) is 23.1 Å². The molecule has 2 aromatic heterocycles. The Kier molecular flexibility index (Phi) is 7.38. The molecule has 6 nitrogen and oxygen atoms in total. The summed E-state index contributed by atoms with van der Waals surface area (Å²) in [6.45, 7) is 2.34. The van der Waals surface area contributed by atoms with Crippen molar-refractivity contribution in [1.29, 1.82) is 0 Å². The number of nitrogens with one attached hydrogen (secondary N) is 1. The van der Waals surface area contributed by atoms with Gasteiger partial charge in [-0.1, -0.05) is 12.1 Å². The first-order chi connectivity index (χ1) is 14.3. The lowest BCUT2D eigenvalue weighted by atomic mass is 9.97. The number of carbonyl (C=O) groups excluding carboxylic acids is 1. The molecule has 2 N–H and O–H groups in total. The molecular formula is C21H25F3N4O2. The number of piperidine rings is 1. The minimum atomic E-state index is -4.52. The van der Waals surface area contributed by atoms with Gasteiger partial charge in [0.1, 0.15) is 5.69 Å². The van der Waals surface area contributed by atoms with Crippen LogP contribution in [0.5, 0.6) is 0 Å². The van der Waals surface area contributed by atoms with Crippen LogP contribution in [0.1, 0.15) is 35.8 Å².